The highest BCUT2D eigenvalue weighted by molar-refractivity contribution is 6.11. The van der Waals surface area contributed by atoms with Crippen molar-refractivity contribution in [3.05, 3.63) is 205 Å². The Hall–Kier alpha value is -8.65. The molecule has 0 atom stereocenters. The first-order valence-corrected chi connectivity index (χ1v) is 19.6. The Morgan fingerprint density at radius 1 is 0.417 bits per heavy atom. The Kier molecular flexibility index (Phi) is 8.11. The molecule has 0 unspecified atom stereocenters. The summed E-state index contributed by atoms with van der Waals surface area (Å²) in [5, 5.41) is 14.8. The fraction of sp³-hybridized carbons (Fsp3) is 0. The normalized spacial score (nSPS) is 11.3. The van der Waals surface area contributed by atoms with Crippen molar-refractivity contribution in [2.45, 2.75) is 0 Å². The molecule has 0 amide bonds. The summed E-state index contributed by atoms with van der Waals surface area (Å²) in [6.45, 7) is 8.01. The number of nitriles is 1. The third-order valence-corrected chi connectivity index (χ3v) is 11.2. The Labute approximate surface area is 345 Å². The van der Waals surface area contributed by atoms with Crippen LogP contribution in [0.1, 0.15) is 5.56 Å². The van der Waals surface area contributed by atoms with Crippen LogP contribution < -0.4 is 0 Å². The van der Waals surface area contributed by atoms with Gasteiger partial charge in [-0.15, -0.1) is 0 Å². The second-order valence-corrected chi connectivity index (χ2v) is 14.6. The van der Waals surface area contributed by atoms with E-state index in [9.17, 15) is 5.26 Å². The molecule has 0 saturated heterocycles. The number of hydrogen-bond acceptors (Lipinski definition) is 4. The second-order valence-electron chi connectivity index (χ2n) is 14.6. The predicted molar refractivity (Wildman–Crippen MR) is 241 cm³/mol. The van der Waals surface area contributed by atoms with Gasteiger partial charge in [0, 0.05) is 38.2 Å². The lowest BCUT2D eigenvalue weighted by Crippen LogP contribution is -2.06. The number of hydrogen-bond donors (Lipinski definition) is 0. The van der Waals surface area contributed by atoms with Gasteiger partial charge in [0.15, 0.2) is 23.2 Å². The first kappa shape index (κ1) is 34.6. The molecule has 3 heterocycles. The Morgan fingerprint density at radius 2 is 0.867 bits per heavy atom. The van der Waals surface area contributed by atoms with Gasteiger partial charge in [0.25, 0.3) is 0 Å². The van der Waals surface area contributed by atoms with Gasteiger partial charge in [-0.1, -0.05) is 133 Å². The maximum atomic E-state index is 10.3. The molecule has 7 nitrogen and oxygen atoms in total. The molecule has 0 aliphatic rings. The van der Waals surface area contributed by atoms with Crippen LogP contribution in [0, 0.1) is 17.9 Å². The molecule has 0 N–H and O–H groups in total. The van der Waals surface area contributed by atoms with Crippen molar-refractivity contribution in [2.24, 2.45) is 0 Å². The van der Waals surface area contributed by atoms with Crippen LogP contribution in [-0.4, -0.2) is 24.1 Å². The van der Waals surface area contributed by atoms with Gasteiger partial charge in [-0.05, 0) is 65.7 Å². The molecule has 278 valence electrons. The van der Waals surface area contributed by atoms with Gasteiger partial charge in [-0.25, -0.2) is 19.8 Å². The summed E-state index contributed by atoms with van der Waals surface area (Å²) in [6, 6.07) is 65.5. The molecule has 0 aliphatic heterocycles. The monoisotopic (exact) mass is 765 g/mol. The number of rotatable bonds is 6. The van der Waals surface area contributed by atoms with Crippen LogP contribution in [0.3, 0.4) is 0 Å². The van der Waals surface area contributed by atoms with E-state index in [4.69, 9.17) is 21.5 Å². The summed E-state index contributed by atoms with van der Waals surface area (Å²) in [5.41, 5.74) is 10.9. The molecule has 3 aromatic heterocycles. The Bertz CT molecular complexity index is 3480. The lowest BCUT2D eigenvalue weighted by Gasteiger charge is -2.18. The summed E-state index contributed by atoms with van der Waals surface area (Å²) in [6.07, 6.45) is 0. The van der Waals surface area contributed by atoms with Crippen molar-refractivity contribution in [3.8, 4) is 62.7 Å². The van der Waals surface area contributed by atoms with Crippen molar-refractivity contribution in [1.29, 1.82) is 5.26 Å². The number of fused-ring (bicyclic) bond motifs is 6. The molecular weight excluding hydrogens is 735 g/mol. The van der Waals surface area contributed by atoms with Crippen LogP contribution in [0.5, 0.6) is 0 Å². The van der Waals surface area contributed by atoms with Gasteiger partial charge in [0.1, 0.15) is 0 Å². The molecule has 7 heteroatoms. The molecule has 0 saturated carbocycles. The summed E-state index contributed by atoms with van der Waals surface area (Å²) < 4.78 is 4.51. The van der Waals surface area contributed by atoms with E-state index in [1.54, 1.807) is 0 Å². The van der Waals surface area contributed by atoms with Gasteiger partial charge in [0.2, 0.25) is 0 Å². The third kappa shape index (κ3) is 5.54. The van der Waals surface area contributed by atoms with Crippen LogP contribution in [-0.2, 0) is 0 Å². The highest BCUT2D eigenvalue weighted by Crippen LogP contribution is 2.41. The van der Waals surface area contributed by atoms with Crippen LogP contribution in [0.2, 0.25) is 0 Å². The molecule has 0 bridgehead atoms. The van der Waals surface area contributed by atoms with E-state index in [1.165, 1.54) is 0 Å². The molecule has 11 aromatic rings. The van der Waals surface area contributed by atoms with Crippen molar-refractivity contribution >= 4 is 49.3 Å². The SMILES string of the molecule is [C-]#[N+]c1ccccc1-c1ccc(-n2c3ccccc3c3ccccc32)c(-c2nc(-c3ccccc3)nc(-c3cc(C#N)ccc3-n3c4ccccc4c4ccccc43)n2)c1. The summed E-state index contributed by atoms with van der Waals surface area (Å²) in [5.74, 6) is 1.37. The largest absolute Gasteiger partial charge is 0.309 e. The van der Waals surface area contributed by atoms with Crippen molar-refractivity contribution < 1.29 is 0 Å². The summed E-state index contributed by atoms with van der Waals surface area (Å²) in [7, 11) is 0. The van der Waals surface area contributed by atoms with Gasteiger partial charge < -0.3 is 9.13 Å². The first-order chi connectivity index (χ1) is 29.7. The molecule has 0 spiro atoms. The standard InChI is InChI=1S/C53H31N7/c1-55-44-22-10-5-17-37(44)36-28-30-50(60-47-25-13-8-20-40(47)41-21-9-14-26-48(41)60)43(32-36)53-57-51(35-15-3-2-4-16-35)56-52(58-53)42-31-34(33-54)27-29-49(42)59-45-23-11-6-18-38(45)39-19-7-12-24-46(39)59/h2-32H. The van der Waals surface area contributed by atoms with E-state index in [-0.39, 0.29) is 0 Å². The Balaban J connectivity index is 1.25. The average molecular weight is 766 g/mol. The minimum Gasteiger partial charge on any atom is -0.309 e. The van der Waals surface area contributed by atoms with E-state index >= 15 is 0 Å². The predicted octanol–water partition coefficient (Wildman–Crippen LogP) is 13.2. The molecule has 8 aromatic carbocycles. The zero-order valence-electron chi connectivity index (χ0n) is 32.0. The van der Waals surface area contributed by atoms with Crippen molar-refractivity contribution in [3.63, 3.8) is 0 Å². The zero-order valence-corrected chi connectivity index (χ0v) is 32.0. The van der Waals surface area contributed by atoms with Crippen molar-refractivity contribution in [2.75, 3.05) is 0 Å². The smallest absolute Gasteiger partial charge is 0.194 e. The fourth-order valence-corrected chi connectivity index (χ4v) is 8.57. The minimum atomic E-state index is 0.424. The topological polar surface area (TPSA) is 76.7 Å². The average Bonchev–Trinajstić information content (AvgIpc) is 3.84. The summed E-state index contributed by atoms with van der Waals surface area (Å²) in [4.78, 5) is 19.8. The van der Waals surface area contributed by atoms with Crippen LogP contribution in [0.4, 0.5) is 5.69 Å². The molecular formula is C53H31N7. The van der Waals surface area contributed by atoms with E-state index < -0.39 is 0 Å². The molecule has 11 rings (SSSR count). The molecule has 0 aliphatic carbocycles. The third-order valence-electron chi connectivity index (χ3n) is 11.2. The lowest BCUT2D eigenvalue weighted by molar-refractivity contribution is 1.06. The highest BCUT2D eigenvalue weighted by Gasteiger charge is 2.23. The maximum absolute atomic E-state index is 10.3. The number of para-hydroxylation sites is 5. The van der Waals surface area contributed by atoms with E-state index in [2.05, 4.69) is 123 Å². The Morgan fingerprint density at radius 3 is 1.40 bits per heavy atom. The van der Waals surface area contributed by atoms with Crippen molar-refractivity contribution in [1.82, 2.24) is 24.1 Å². The quantitative estimate of drug-likeness (QED) is 0.158. The summed E-state index contributed by atoms with van der Waals surface area (Å²) >= 11 is 0. The lowest BCUT2D eigenvalue weighted by atomic mass is 9.99. The molecule has 60 heavy (non-hydrogen) atoms. The van der Waals surface area contributed by atoms with E-state index in [1.807, 2.05) is 84.9 Å². The van der Waals surface area contributed by atoms with Gasteiger partial charge in [-0.2, -0.15) is 5.26 Å². The first-order valence-electron chi connectivity index (χ1n) is 19.6. The maximum Gasteiger partial charge on any atom is 0.194 e. The fourth-order valence-electron chi connectivity index (χ4n) is 8.57. The van der Waals surface area contributed by atoms with Crippen LogP contribution >= 0.6 is 0 Å². The zero-order chi connectivity index (χ0) is 40.2. The number of benzene rings is 8. The second kappa shape index (κ2) is 14.1. The van der Waals surface area contributed by atoms with Crippen LogP contribution in [0.25, 0.3) is 105 Å². The number of aromatic nitrogens is 5. The van der Waals surface area contributed by atoms with Gasteiger partial charge >= 0.3 is 0 Å². The molecule has 0 radical (unpaired) electrons. The highest BCUT2D eigenvalue weighted by atomic mass is 15.1. The van der Waals surface area contributed by atoms with Gasteiger partial charge in [0.05, 0.1) is 51.6 Å². The molecule has 0 fully saturated rings. The van der Waals surface area contributed by atoms with Gasteiger partial charge in [-0.3, -0.25) is 0 Å². The van der Waals surface area contributed by atoms with E-state index in [0.29, 0.717) is 34.3 Å². The van der Waals surface area contributed by atoms with E-state index in [0.717, 1.165) is 77.2 Å². The minimum absolute atomic E-state index is 0.424. The number of nitrogens with zero attached hydrogens (tertiary/aromatic N) is 7. The van der Waals surface area contributed by atoms with Crippen LogP contribution in [0.15, 0.2) is 188 Å².